The second kappa shape index (κ2) is 1.87. The zero-order chi connectivity index (χ0) is 7.94. The molecule has 0 saturated heterocycles. The Bertz CT molecular complexity index is 186. The molecular formula is C5H4F4O. The third kappa shape index (κ3) is 0.853. The molecule has 0 aliphatic carbocycles. The number of halogens is 4. The lowest BCUT2D eigenvalue weighted by Gasteiger charge is -2.11. The van der Waals surface area contributed by atoms with Crippen molar-refractivity contribution in [2.75, 3.05) is 0 Å². The molecule has 0 amide bonds. The van der Waals surface area contributed by atoms with E-state index in [1.54, 1.807) is 0 Å². The van der Waals surface area contributed by atoms with Crippen LogP contribution in [-0.2, 0) is 4.74 Å². The van der Waals surface area contributed by atoms with Crippen molar-refractivity contribution < 1.29 is 22.3 Å². The Morgan fingerprint density at radius 2 is 1.90 bits per heavy atom. The molecule has 0 N–H and O–H groups in total. The van der Waals surface area contributed by atoms with Gasteiger partial charge in [0.2, 0.25) is 0 Å². The van der Waals surface area contributed by atoms with Gasteiger partial charge < -0.3 is 4.74 Å². The van der Waals surface area contributed by atoms with E-state index >= 15 is 0 Å². The summed E-state index contributed by atoms with van der Waals surface area (Å²) in [7, 11) is 0. The van der Waals surface area contributed by atoms with E-state index < -0.39 is 23.9 Å². The summed E-state index contributed by atoms with van der Waals surface area (Å²) in [6.07, 6.45) is -3.73. The van der Waals surface area contributed by atoms with Crippen LogP contribution in [0.1, 0.15) is 6.92 Å². The average Bonchev–Trinajstić information content (AvgIpc) is 1.95. The van der Waals surface area contributed by atoms with Crippen molar-refractivity contribution >= 4 is 0 Å². The number of hydrogen-bond donors (Lipinski definition) is 0. The van der Waals surface area contributed by atoms with Gasteiger partial charge in [0, 0.05) is 0 Å². The standard InChI is InChI=1S/C5H4F4O/c1-2-3(6)4(7)10-5(2,8)9/h2H,1H3. The van der Waals surface area contributed by atoms with E-state index in [2.05, 4.69) is 4.74 Å². The minimum Gasteiger partial charge on any atom is -0.404 e. The second-order valence-corrected chi connectivity index (χ2v) is 2.01. The summed E-state index contributed by atoms with van der Waals surface area (Å²) in [6.45, 7) is 0.849. The van der Waals surface area contributed by atoms with E-state index in [4.69, 9.17) is 0 Å². The molecule has 0 bridgehead atoms. The SMILES string of the molecule is CC1C(F)=C(F)OC1(F)F. The molecule has 58 valence electrons. The van der Waals surface area contributed by atoms with Crippen LogP contribution in [0.15, 0.2) is 11.8 Å². The Kier molecular flexibility index (Phi) is 1.38. The van der Waals surface area contributed by atoms with Gasteiger partial charge >= 0.3 is 12.1 Å². The van der Waals surface area contributed by atoms with Crippen LogP contribution in [0.4, 0.5) is 17.6 Å². The van der Waals surface area contributed by atoms with Crippen LogP contribution in [0.3, 0.4) is 0 Å². The molecule has 1 rings (SSSR count). The Morgan fingerprint density at radius 1 is 1.40 bits per heavy atom. The minimum atomic E-state index is -3.73. The van der Waals surface area contributed by atoms with Crippen LogP contribution >= 0.6 is 0 Å². The summed E-state index contributed by atoms with van der Waals surface area (Å²) >= 11 is 0. The lowest BCUT2D eigenvalue weighted by molar-refractivity contribution is -0.230. The van der Waals surface area contributed by atoms with Crippen molar-refractivity contribution in [1.82, 2.24) is 0 Å². The fourth-order valence-electron chi connectivity index (χ4n) is 0.574. The Morgan fingerprint density at radius 3 is 2.00 bits per heavy atom. The Balaban J connectivity index is 2.87. The quantitative estimate of drug-likeness (QED) is 0.489. The third-order valence-electron chi connectivity index (χ3n) is 1.30. The summed E-state index contributed by atoms with van der Waals surface area (Å²) in [4.78, 5) is 0. The predicted molar refractivity (Wildman–Crippen MR) is 24.4 cm³/mol. The summed E-state index contributed by atoms with van der Waals surface area (Å²) in [5.74, 6) is -3.34. The fourth-order valence-corrected chi connectivity index (χ4v) is 0.574. The zero-order valence-electron chi connectivity index (χ0n) is 5.00. The minimum absolute atomic E-state index is 0.849. The molecule has 0 aromatic rings. The molecule has 1 aliphatic rings. The maximum Gasteiger partial charge on any atom is 0.408 e. The monoisotopic (exact) mass is 156 g/mol. The average molecular weight is 156 g/mol. The molecule has 1 unspecified atom stereocenters. The molecule has 1 nitrogen and oxygen atoms in total. The smallest absolute Gasteiger partial charge is 0.404 e. The molecular weight excluding hydrogens is 152 g/mol. The molecule has 0 saturated carbocycles. The summed E-state index contributed by atoms with van der Waals surface area (Å²) < 4.78 is 51.4. The second-order valence-electron chi connectivity index (χ2n) is 2.01. The fraction of sp³-hybridized carbons (Fsp3) is 0.600. The van der Waals surface area contributed by atoms with E-state index in [-0.39, 0.29) is 0 Å². The number of alkyl halides is 2. The van der Waals surface area contributed by atoms with Crippen LogP contribution < -0.4 is 0 Å². The third-order valence-corrected chi connectivity index (χ3v) is 1.30. The van der Waals surface area contributed by atoms with Gasteiger partial charge in [-0.1, -0.05) is 0 Å². The van der Waals surface area contributed by atoms with Crippen LogP contribution in [0.5, 0.6) is 0 Å². The first-order valence-electron chi connectivity index (χ1n) is 2.57. The molecule has 10 heavy (non-hydrogen) atoms. The Labute approximate surface area is 54.3 Å². The van der Waals surface area contributed by atoms with Crippen molar-refractivity contribution in [2.45, 2.75) is 13.0 Å². The normalized spacial score (nSPS) is 30.7. The van der Waals surface area contributed by atoms with Gasteiger partial charge in [-0.05, 0) is 6.92 Å². The highest BCUT2D eigenvalue weighted by atomic mass is 19.3. The van der Waals surface area contributed by atoms with Crippen molar-refractivity contribution in [2.24, 2.45) is 5.92 Å². The Hall–Kier alpha value is -0.740. The van der Waals surface area contributed by atoms with Crippen LogP contribution in [0, 0.1) is 5.92 Å². The van der Waals surface area contributed by atoms with Gasteiger partial charge in [0.15, 0.2) is 5.83 Å². The number of hydrogen-bond acceptors (Lipinski definition) is 1. The maximum atomic E-state index is 12.1. The van der Waals surface area contributed by atoms with Gasteiger partial charge in [0.25, 0.3) is 0 Å². The topological polar surface area (TPSA) is 9.23 Å². The predicted octanol–water partition coefficient (Wildman–Crippen LogP) is 2.35. The molecule has 0 aromatic carbocycles. The first-order chi connectivity index (χ1) is 4.45. The van der Waals surface area contributed by atoms with Crippen molar-refractivity contribution in [1.29, 1.82) is 0 Å². The zero-order valence-corrected chi connectivity index (χ0v) is 5.00. The van der Waals surface area contributed by atoms with Crippen LogP contribution in [-0.4, -0.2) is 6.11 Å². The number of rotatable bonds is 0. The van der Waals surface area contributed by atoms with Crippen molar-refractivity contribution in [3.05, 3.63) is 11.8 Å². The van der Waals surface area contributed by atoms with Gasteiger partial charge in [0.1, 0.15) is 5.92 Å². The van der Waals surface area contributed by atoms with E-state index in [1.807, 2.05) is 0 Å². The van der Waals surface area contributed by atoms with Crippen molar-refractivity contribution in [3.63, 3.8) is 0 Å². The molecule has 0 radical (unpaired) electrons. The summed E-state index contributed by atoms with van der Waals surface area (Å²) in [6, 6.07) is -1.81. The van der Waals surface area contributed by atoms with Crippen LogP contribution in [0.2, 0.25) is 0 Å². The molecule has 0 aromatic heterocycles. The van der Waals surface area contributed by atoms with Gasteiger partial charge in [0.05, 0.1) is 0 Å². The lowest BCUT2D eigenvalue weighted by atomic mass is 10.2. The van der Waals surface area contributed by atoms with Crippen LogP contribution in [0.25, 0.3) is 0 Å². The first kappa shape index (κ1) is 7.37. The molecule has 1 aliphatic heterocycles. The van der Waals surface area contributed by atoms with Crippen molar-refractivity contribution in [3.8, 4) is 0 Å². The van der Waals surface area contributed by atoms with Gasteiger partial charge in [-0.3, -0.25) is 0 Å². The first-order valence-corrected chi connectivity index (χ1v) is 2.57. The van der Waals surface area contributed by atoms with Gasteiger partial charge in [-0.15, -0.1) is 0 Å². The molecule has 0 spiro atoms. The van der Waals surface area contributed by atoms with E-state index in [0.29, 0.717) is 0 Å². The summed E-state index contributed by atoms with van der Waals surface area (Å²) in [5.41, 5.74) is 0. The van der Waals surface area contributed by atoms with E-state index in [9.17, 15) is 17.6 Å². The van der Waals surface area contributed by atoms with Gasteiger partial charge in [-0.2, -0.15) is 13.2 Å². The molecule has 1 heterocycles. The molecule has 0 fully saturated rings. The highest BCUT2D eigenvalue weighted by molar-refractivity contribution is 5.06. The molecule has 1 atom stereocenters. The maximum absolute atomic E-state index is 12.1. The van der Waals surface area contributed by atoms with Gasteiger partial charge in [-0.25, -0.2) is 4.39 Å². The lowest BCUT2D eigenvalue weighted by Crippen LogP contribution is -2.22. The number of ether oxygens (including phenoxy) is 1. The van der Waals surface area contributed by atoms with E-state index in [1.165, 1.54) is 0 Å². The highest BCUT2D eigenvalue weighted by Crippen LogP contribution is 2.42. The largest absolute Gasteiger partial charge is 0.408 e. The highest BCUT2D eigenvalue weighted by Gasteiger charge is 2.50. The molecule has 5 heteroatoms. The van der Waals surface area contributed by atoms with E-state index in [0.717, 1.165) is 6.92 Å². The summed E-state index contributed by atoms with van der Waals surface area (Å²) in [5, 5.41) is 0.